The summed E-state index contributed by atoms with van der Waals surface area (Å²) in [6, 6.07) is 11.6. The number of morpholine rings is 1. The van der Waals surface area contributed by atoms with Crippen molar-refractivity contribution in [2.24, 2.45) is 0 Å². The number of rotatable bonds is 6. The molecular formula is C20H27N3O3. The van der Waals surface area contributed by atoms with Gasteiger partial charge in [0.05, 0.1) is 19.8 Å². The molecule has 1 aromatic carbocycles. The van der Waals surface area contributed by atoms with Crippen molar-refractivity contribution in [2.45, 2.75) is 20.4 Å². The van der Waals surface area contributed by atoms with Crippen molar-refractivity contribution in [3.63, 3.8) is 0 Å². The Labute approximate surface area is 154 Å². The molecule has 1 fully saturated rings. The molecule has 2 amide bonds. The molecule has 1 N–H and O–H groups in total. The molecule has 1 aromatic heterocycles. The molecule has 0 radical (unpaired) electrons. The zero-order valence-corrected chi connectivity index (χ0v) is 15.5. The Kier molecular flexibility index (Phi) is 6.30. The van der Waals surface area contributed by atoms with E-state index in [1.54, 1.807) is 4.90 Å². The van der Waals surface area contributed by atoms with Gasteiger partial charge in [0.15, 0.2) is 0 Å². The Bertz CT molecular complexity index is 705. The van der Waals surface area contributed by atoms with E-state index in [1.165, 1.54) is 5.56 Å². The van der Waals surface area contributed by atoms with Crippen molar-refractivity contribution >= 4 is 11.7 Å². The molecule has 140 valence electrons. The zero-order chi connectivity index (χ0) is 18.4. The third kappa shape index (κ3) is 5.34. The third-order valence-electron chi connectivity index (χ3n) is 4.52. The zero-order valence-electron chi connectivity index (χ0n) is 15.5. The average Bonchev–Trinajstić information content (AvgIpc) is 3.06. The highest BCUT2D eigenvalue weighted by molar-refractivity contribution is 5.89. The lowest BCUT2D eigenvalue weighted by Crippen LogP contribution is -2.44. The van der Waals surface area contributed by atoms with Crippen LogP contribution in [0.1, 0.15) is 17.1 Å². The van der Waals surface area contributed by atoms with Gasteiger partial charge in [-0.2, -0.15) is 0 Å². The maximum Gasteiger partial charge on any atom is 0.322 e. The minimum absolute atomic E-state index is 0.115. The summed E-state index contributed by atoms with van der Waals surface area (Å²) in [6.07, 6.45) is 0. The smallest absolute Gasteiger partial charge is 0.322 e. The predicted octanol–water partition coefficient (Wildman–Crippen LogP) is 3.26. The van der Waals surface area contributed by atoms with Gasteiger partial charge in [-0.1, -0.05) is 17.7 Å². The predicted molar refractivity (Wildman–Crippen MR) is 101 cm³/mol. The molecule has 0 bridgehead atoms. The standard InChI is InChI=1S/C20H27N3O3/c1-16-3-6-18(7-4-16)21-20(24)23(15-19-8-5-17(2)26-19)10-9-22-11-13-25-14-12-22/h3-8H,9-15H2,1-2H3,(H,21,24). The number of anilines is 1. The molecule has 6 heteroatoms. The molecule has 1 aliphatic heterocycles. The fourth-order valence-electron chi connectivity index (χ4n) is 2.94. The number of urea groups is 1. The van der Waals surface area contributed by atoms with E-state index in [1.807, 2.05) is 50.2 Å². The van der Waals surface area contributed by atoms with Crippen molar-refractivity contribution in [1.82, 2.24) is 9.80 Å². The molecule has 3 rings (SSSR count). The second kappa shape index (κ2) is 8.87. The molecule has 0 saturated carbocycles. The van der Waals surface area contributed by atoms with E-state index in [2.05, 4.69) is 10.2 Å². The topological polar surface area (TPSA) is 58.0 Å². The van der Waals surface area contributed by atoms with E-state index in [0.717, 1.165) is 50.1 Å². The highest BCUT2D eigenvalue weighted by Gasteiger charge is 2.18. The molecule has 6 nitrogen and oxygen atoms in total. The van der Waals surface area contributed by atoms with Crippen LogP contribution in [-0.2, 0) is 11.3 Å². The van der Waals surface area contributed by atoms with Crippen LogP contribution >= 0.6 is 0 Å². The van der Waals surface area contributed by atoms with Crippen LogP contribution in [0.15, 0.2) is 40.8 Å². The molecule has 26 heavy (non-hydrogen) atoms. The number of benzene rings is 1. The van der Waals surface area contributed by atoms with Gasteiger partial charge in [-0.05, 0) is 38.1 Å². The Morgan fingerprint density at radius 1 is 1.12 bits per heavy atom. The molecular weight excluding hydrogens is 330 g/mol. The molecule has 0 aliphatic carbocycles. The normalized spacial score (nSPS) is 15.0. The number of furan rings is 1. The van der Waals surface area contributed by atoms with Crippen molar-refractivity contribution in [3.8, 4) is 0 Å². The van der Waals surface area contributed by atoms with Crippen LogP contribution < -0.4 is 5.32 Å². The molecule has 0 unspecified atom stereocenters. The van der Waals surface area contributed by atoms with Gasteiger partial charge in [-0.25, -0.2) is 4.79 Å². The van der Waals surface area contributed by atoms with E-state index in [-0.39, 0.29) is 6.03 Å². The Morgan fingerprint density at radius 2 is 1.85 bits per heavy atom. The fourth-order valence-corrected chi connectivity index (χ4v) is 2.94. The molecule has 0 atom stereocenters. The summed E-state index contributed by atoms with van der Waals surface area (Å²) in [5, 5.41) is 2.99. The van der Waals surface area contributed by atoms with Gasteiger partial charge in [-0.3, -0.25) is 4.90 Å². The van der Waals surface area contributed by atoms with Gasteiger partial charge in [0, 0.05) is 31.9 Å². The maximum absolute atomic E-state index is 12.8. The largest absolute Gasteiger partial charge is 0.464 e. The molecule has 1 aliphatic rings. The average molecular weight is 357 g/mol. The number of amides is 2. The van der Waals surface area contributed by atoms with Crippen molar-refractivity contribution in [3.05, 3.63) is 53.5 Å². The van der Waals surface area contributed by atoms with E-state index < -0.39 is 0 Å². The van der Waals surface area contributed by atoms with Crippen LogP contribution in [0.2, 0.25) is 0 Å². The van der Waals surface area contributed by atoms with E-state index in [0.29, 0.717) is 13.1 Å². The van der Waals surface area contributed by atoms with Crippen LogP contribution in [0.4, 0.5) is 10.5 Å². The first-order valence-corrected chi connectivity index (χ1v) is 9.08. The molecule has 0 spiro atoms. The SMILES string of the molecule is Cc1ccc(NC(=O)N(CCN2CCOCC2)Cc2ccc(C)o2)cc1. The van der Waals surface area contributed by atoms with Gasteiger partial charge >= 0.3 is 6.03 Å². The van der Waals surface area contributed by atoms with Gasteiger partial charge in [0.1, 0.15) is 11.5 Å². The van der Waals surface area contributed by atoms with Crippen molar-refractivity contribution < 1.29 is 13.9 Å². The fraction of sp³-hybridized carbons (Fsp3) is 0.450. The quantitative estimate of drug-likeness (QED) is 0.862. The first-order chi connectivity index (χ1) is 12.6. The number of hydrogen-bond donors (Lipinski definition) is 1. The molecule has 2 heterocycles. The molecule has 1 saturated heterocycles. The van der Waals surface area contributed by atoms with Crippen LogP contribution in [0, 0.1) is 13.8 Å². The summed E-state index contributed by atoms with van der Waals surface area (Å²) in [4.78, 5) is 16.9. The highest BCUT2D eigenvalue weighted by atomic mass is 16.5. The Balaban J connectivity index is 1.63. The number of nitrogens with one attached hydrogen (secondary N) is 1. The summed E-state index contributed by atoms with van der Waals surface area (Å²) < 4.78 is 11.1. The minimum atomic E-state index is -0.115. The van der Waals surface area contributed by atoms with E-state index in [9.17, 15) is 4.79 Å². The molecule has 2 aromatic rings. The van der Waals surface area contributed by atoms with Crippen LogP contribution in [-0.4, -0.2) is 55.2 Å². The van der Waals surface area contributed by atoms with Crippen LogP contribution in [0.25, 0.3) is 0 Å². The third-order valence-corrected chi connectivity index (χ3v) is 4.52. The number of aryl methyl sites for hydroxylation is 2. The summed E-state index contributed by atoms with van der Waals surface area (Å²) in [5.41, 5.74) is 1.96. The lowest BCUT2D eigenvalue weighted by Gasteiger charge is -2.30. The minimum Gasteiger partial charge on any atom is -0.464 e. The number of nitrogens with zero attached hydrogens (tertiary/aromatic N) is 2. The van der Waals surface area contributed by atoms with Crippen LogP contribution in [0.3, 0.4) is 0 Å². The Morgan fingerprint density at radius 3 is 2.50 bits per heavy atom. The highest BCUT2D eigenvalue weighted by Crippen LogP contribution is 2.13. The summed E-state index contributed by atoms with van der Waals surface area (Å²) >= 11 is 0. The van der Waals surface area contributed by atoms with Crippen LogP contribution in [0.5, 0.6) is 0 Å². The second-order valence-electron chi connectivity index (χ2n) is 6.68. The summed E-state index contributed by atoms with van der Waals surface area (Å²) in [6.45, 7) is 9.19. The monoisotopic (exact) mass is 357 g/mol. The number of ether oxygens (including phenoxy) is 1. The van der Waals surface area contributed by atoms with Crippen molar-refractivity contribution in [1.29, 1.82) is 0 Å². The first kappa shape index (κ1) is 18.5. The number of carbonyl (C=O) groups is 1. The van der Waals surface area contributed by atoms with Crippen molar-refractivity contribution in [2.75, 3.05) is 44.7 Å². The Hall–Kier alpha value is -2.31. The van der Waals surface area contributed by atoms with Gasteiger partial charge in [0.25, 0.3) is 0 Å². The first-order valence-electron chi connectivity index (χ1n) is 9.08. The lowest BCUT2D eigenvalue weighted by atomic mass is 10.2. The summed E-state index contributed by atoms with van der Waals surface area (Å²) in [5.74, 6) is 1.65. The summed E-state index contributed by atoms with van der Waals surface area (Å²) in [7, 11) is 0. The van der Waals surface area contributed by atoms with E-state index in [4.69, 9.17) is 9.15 Å². The van der Waals surface area contributed by atoms with E-state index >= 15 is 0 Å². The number of hydrogen-bond acceptors (Lipinski definition) is 4. The van der Waals surface area contributed by atoms with Gasteiger partial charge in [0.2, 0.25) is 0 Å². The van der Waals surface area contributed by atoms with Gasteiger partial charge in [-0.15, -0.1) is 0 Å². The van der Waals surface area contributed by atoms with Gasteiger partial charge < -0.3 is 19.4 Å². The maximum atomic E-state index is 12.8. The lowest BCUT2D eigenvalue weighted by molar-refractivity contribution is 0.0347. The number of carbonyl (C=O) groups excluding carboxylic acids is 1. The second-order valence-corrected chi connectivity index (χ2v) is 6.68.